The van der Waals surface area contributed by atoms with Gasteiger partial charge in [-0.2, -0.15) is 0 Å². The molecule has 1 aliphatic heterocycles. The van der Waals surface area contributed by atoms with Crippen LogP contribution in [0.4, 0.5) is 32.1 Å². The Morgan fingerprint density at radius 1 is 0.864 bits per heavy atom. The number of fused-ring (bicyclic) bond motifs is 1. The normalized spacial score (nSPS) is 13.0. The van der Waals surface area contributed by atoms with E-state index in [4.69, 9.17) is 14.7 Å². The van der Waals surface area contributed by atoms with E-state index >= 15 is 0 Å². The van der Waals surface area contributed by atoms with Crippen molar-refractivity contribution in [2.45, 2.75) is 13.8 Å². The summed E-state index contributed by atoms with van der Waals surface area (Å²) >= 11 is 0. The van der Waals surface area contributed by atoms with Crippen LogP contribution in [0.5, 0.6) is 0 Å². The average Bonchev–Trinajstić information content (AvgIpc) is 3.02. The minimum atomic E-state index is -0.673. The molecular formula is C33H30FN7O3. The molecule has 44 heavy (non-hydrogen) atoms. The molecule has 3 aromatic carbocycles. The number of carbonyl (C=O) groups excluding carboxylic acids is 2. The maximum absolute atomic E-state index is 14.4. The van der Waals surface area contributed by atoms with Gasteiger partial charge in [0.2, 0.25) is 5.91 Å². The number of ether oxygens (including phenoxy) is 1. The molecule has 1 saturated heterocycles. The Labute approximate surface area is 253 Å². The number of hydrogen-bond donors (Lipinski definition) is 3. The third-order valence-electron chi connectivity index (χ3n) is 7.24. The number of anilines is 4. The zero-order chi connectivity index (χ0) is 30.6. The number of aryl methyl sites for hydroxylation is 1. The number of pyridine rings is 1. The average molecular weight is 592 g/mol. The number of carbonyl (C=O) groups is 2. The van der Waals surface area contributed by atoms with E-state index < -0.39 is 11.8 Å². The van der Waals surface area contributed by atoms with E-state index in [1.165, 1.54) is 19.1 Å². The summed E-state index contributed by atoms with van der Waals surface area (Å²) in [6, 6.07) is 20.7. The number of aromatic nitrogens is 3. The van der Waals surface area contributed by atoms with E-state index in [1.807, 2.05) is 31.2 Å². The van der Waals surface area contributed by atoms with Gasteiger partial charge in [-0.15, -0.1) is 0 Å². The molecule has 6 rings (SSSR count). The van der Waals surface area contributed by atoms with Gasteiger partial charge in [0.05, 0.1) is 24.4 Å². The lowest BCUT2D eigenvalue weighted by Gasteiger charge is -2.29. The number of nitrogens with one attached hydrogen (secondary N) is 3. The molecule has 222 valence electrons. The van der Waals surface area contributed by atoms with Crippen LogP contribution in [-0.2, 0) is 9.53 Å². The number of halogens is 1. The van der Waals surface area contributed by atoms with E-state index in [9.17, 15) is 14.0 Å². The number of rotatable bonds is 6. The van der Waals surface area contributed by atoms with Crippen LogP contribution in [0.3, 0.4) is 0 Å². The SMILES string of the molecule is CC(=O)Nc1ccc(NC(=O)Nc2ccc(-c3nc(N4CCOCC4)c4ccc(-c5cccnc5C)cc4n3)cc2)c(F)c1. The Morgan fingerprint density at radius 2 is 1.61 bits per heavy atom. The van der Waals surface area contributed by atoms with Crippen molar-refractivity contribution in [3.8, 4) is 22.5 Å². The van der Waals surface area contributed by atoms with Gasteiger partial charge in [-0.3, -0.25) is 9.78 Å². The van der Waals surface area contributed by atoms with Crippen LogP contribution in [0.25, 0.3) is 33.4 Å². The number of morpholine rings is 1. The molecule has 3 N–H and O–H groups in total. The zero-order valence-corrected chi connectivity index (χ0v) is 24.2. The second kappa shape index (κ2) is 12.4. The van der Waals surface area contributed by atoms with Gasteiger partial charge in [-0.05, 0) is 73.2 Å². The van der Waals surface area contributed by atoms with Crippen molar-refractivity contribution in [1.82, 2.24) is 15.0 Å². The first-order valence-electron chi connectivity index (χ1n) is 14.2. The van der Waals surface area contributed by atoms with Gasteiger partial charge in [0.15, 0.2) is 5.82 Å². The van der Waals surface area contributed by atoms with Crippen LogP contribution in [0.2, 0.25) is 0 Å². The fourth-order valence-corrected chi connectivity index (χ4v) is 5.10. The van der Waals surface area contributed by atoms with Gasteiger partial charge in [0.1, 0.15) is 11.6 Å². The molecule has 0 bridgehead atoms. The highest BCUT2D eigenvalue weighted by Crippen LogP contribution is 2.32. The van der Waals surface area contributed by atoms with Crippen molar-refractivity contribution < 1.29 is 18.7 Å². The van der Waals surface area contributed by atoms with E-state index in [0.717, 1.165) is 58.3 Å². The first-order chi connectivity index (χ1) is 21.3. The molecule has 0 aliphatic carbocycles. The molecule has 3 heterocycles. The van der Waals surface area contributed by atoms with E-state index in [2.05, 4.69) is 44.0 Å². The molecule has 11 heteroatoms. The Balaban J connectivity index is 1.26. The highest BCUT2D eigenvalue weighted by Gasteiger charge is 2.19. The Kier molecular flexibility index (Phi) is 8.11. The molecule has 0 spiro atoms. The molecule has 0 saturated carbocycles. The molecule has 1 aliphatic rings. The highest BCUT2D eigenvalue weighted by molar-refractivity contribution is 6.00. The van der Waals surface area contributed by atoms with Gasteiger partial charge in [-0.1, -0.05) is 12.1 Å². The van der Waals surface area contributed by atoms with Gasteiger partial charge in [-0.25, -0.2) is 19.2 Å². The van der Waals surface area contributed by atoms with Crippen LogP contribution in [0.15, 0.2) is 79.0 Å². The fourth-order valence-electron chi connectivity index (χ4n) is 5.10. The first-order valence-corrected chi connectivity index (χ1v) is 14.2. The van der Waals surface area contributed by atoms with Crippen LogP contribution < -0.4 is 20.9 Å². The third-order valence-corrected chi connectivity index (χ3v) is 7.24. The number of urea groups is 1. The summed E-state index contributed by atoms with van der Waals surface area (Å²) in [5.41, 5.74) is 5.37. The zero-order valence-electron chi connectivity index (χ0n) is 24.2. The maximum Gasteiger partial charge on any atom is 0.323 e. The van der Waals surface area contributed by atoms with Crippen LogP contribution in [0.1, 0.15) is 12.6 Å². The second-order valence-corrected chi connectivity index (χ2v) is 10.4. The maximum atomic E-state index is 14.4. The fraction of sp³-hybridized carbons (Fsp3) is 0.182. The predicted molar refractivity (Wildman–Crippen MR) is 169 cm³/mol. The smallest absolute Gasteiger partial charge is 0.323 e. The summed E-state index contributed by atoms with van der Waals surface area (Å²) in [4.78, 5) is 40.4. The summed E-state index contributed by atoms with van der Waals surface area (Å²) in [7, 11) is 0. The minimum absolute atomic E-state index is 0.0192. The number of nitrogens with zero attached hydrogens (tertiary/aromatic N) is 4. The van der Waals surface area contributed by atoms with Crippen LogP contribution in [0, 0.1) is 12.7 Å². The highest BCUT2D eigenvalue weighted by atomic mass is 19.1. The van der Waals surface area contributed by atoms with E-state index in [0.29, 0.717) is 30.4 Å². The molecule has 0 radical (unpaired) electrons. The lowest BCUT2D eigenvalue weighted by Crippen LogP contribution is -2.37. The number of amides is 3. The second-order valence-electron chi connectivity index (χ2n) is 10.4. The largest absolute Gasteiger partial charge is 0.378 e. The summed E-state index contributed by atoms with van der Waals surface area (Å²) in [5.74, 6) is 0.405. The van der Waals surface area contributed by atoms with Crippen molar-refractivity contribution in [3.05, 3.63) is 90.5 Å². The monoisotopic (exact) mass is 591 g/mol. The summed E-state index contributed by atoms with van der Waals surface area (Å²) < 4.78 is 20.0. The molecule has 10 nitrogen and oxygen atoms in total. The van der Waals surface area contributed by atoms with Crippen molar-refractivity contribution >= 4 is 45.7 Å². The van der Waals surface area contributed by atoms with Gasteiger partial charge in [0.25, 0.3) is 0 Å². The molecule has 2 aromatic heterocycles. The van der Waals surface area contributed by atoms with E-state index in [1.54, 1.807) is 18.3 Å². The topological polar surface area (TPSA) is 121 Å². The molecule has 0 unspecified atom stereocenters. The molecular weight excluding hydrogens is 561 g/mol. The van der Waals surface area contributed by atoms with Crippen molar-refractivity contribution in [2.75, 3.05) is 47.2 Å². The van der Waals surface area contributed by atoms with Crippen molar-refractivity contribution in [3.63, 3.8) is 0 Å². The summed E-state index contributed by atoms with van der Waals surface area (Å²) in [6.45, 7) is 6.02. The number of benzene rings is 3. The lowest BCUT2D eigenvalue weighted by atomic mass is 10.0. The van der Waals surface area contributed by atoms with Gasteiger partial charge in [0, 0.05) is 59.8 Å². The Morgan fingerprint density at radius 3 is 2.34 bits per heavy atom. The van der Waals surface area contributed by atoms with Gasteiger partial charge >= 0.3 is 6.03 Å². The quantitative estimate of drug-likeness (QED) is 0.214. The molecule has 5 aromatic rings. The third kappa shape index (κ3) is 6.32. The summed E-state index contributed by atoms with van der Waals surface area (Å²) in [6.07, 6.45) is 1.78. The molecule has 0 atom stereocenters. The standard InChI is InChI=1S/C33H30FN7O3/c1-20-26(4-3-13-35-20)23-7-11-27-30(18-23)38-31(40-32(27)41-14-16-44-17-15-41)22-5-8-24(9-6-22)37-33(43)39-29-12-10-25(19-28(29)34)36-21(2)42/h3-13,18-19H,14-17H2,1-2H3,(H,36,42)(H2,37,39,43). The van der Waals surface area contributed by atoms with Crippen LogP contribution in [-0.4, -0.2) is 53.2 Å². The van der Waals surface area contributed by atoms with E-state index in [-0.39, 0.29) is 11.6 Å². The summed E-state index contributed by atoms with van der Waals surface area (Å²) in [5, 5.41) is 8.65. The lowest BCUT2D eigenvalue weighted by molar-refractivity contribution is -0.114. The van der Waals surface area contributed by atoms with Crippen molar-refractivity contribution in [2.24, 2.45) is 0 Å². The van der Waals surface area contributed by atoms with Crippen LogP contribution >= 0.6 is 0 Å². The van der Waals surface area contributed by atoms with Gasteiger partial charge < -0.3 is 25.6 Å². The molecule has 3 amide bonds. The number of hydrogen-bond acceptors (Lipinski definition) is 7. The Hall–Kier alpha value is -5.42. The predicted octanol–water partition coefficient (Wildman–Crippen LogP) is 6.25. The first kappa shape index (κ1) is 28.7. The Bertz CT molecular complexity index is 1860. The molecule has 1 fully saturated rings. The minimum Gasteiger partial charge on any atom is -0.378 e. The van der Waals surface area contributed by atoms with Crippen molar-refractivity contribution in [1.29, 1.82) is 0 Å².